The van der Waals surface area contributed by atoms with E-state index in [1.54, 1.807) is 37.1 Å². The Kier molecular flexibility index (Phi) is 4.98. The van der Waals surface area contributed by atoms with Crippen molar-refractivity contribution in [3.8, 4) is 11.5 Å². The van der Waals surface area contributed by atoms with Gasteiger partial charge in [-0.2, -0.15) is 0 Å². The third kappa shape index (κ3) is 3.29. The van der Waals surface area contributed by atoms with Gasteiger partial charge >= 0.3 is 0 Å². The zero-order chi connectivity index (χ0) is 18.8. The van der Waals surface area contributed by atoms with Crippen LogP contribution < -0.4 is 14.4 Å². The molecule has 1 aliphatic heterocycles. The van der Waals surface area contributed by atoms with E-state index in [0.29, 0.717) is 17.1 Å². The van der Waals surface area contributed by atoms with Gasteiger partial charge in [-0.15, -0.1) is 0 Å². The predicted octanol–water partition coefficient (Wildman–Crippen LogP) is 3.64. The highest BCUT2D eigenvalue weighted by molar-refractivity contribution is 6.00. The Balaban J connectivity index is 1.86. The van der Waals surface area contributed by atoms with Crippen molar-refractivity contribution >= 4 is 17.4 Å². The number of Topliss-reactive ketones (excluding diaryl/α,β-unsaturated/α-hetero) is 1. The molecule has 2 atom stereocenters. The zero-order valence-electron chi connectivity index (χ0n) is 15.5. The lowest BCUT2D eigenvalue weighted by Crippen LogP contribution is -2.43. The van der Waals surface area contributed by atoms with Crippen LogP contribution in [0.5, 0.6) is 11.5 Å². The van der Waals surface area contributed by atoms with E-state index in [4.69, 9.17) is 9.47 Å². The minimum Gasteiger partial charge on any atom is -0.497 e. The van der Waals surface area contributed by atoms with E-state index in [0.717, 1.165) is 17.7 Å². The van der Waals surface area contributed by atoms with Gasteiger partial charge in [-0.05, 0) is 51.0 Å². The lowest BCUT2D eigenvalue weighted by molar-refractivity contribution is -0.124. The molecule has 26 heavy (non-hydrogen) atoms. The summed E-state index contributed by atoms with van der Waals surface area (Å²) >= 11 is 0. The van der Waals surface area contributed by atoms with E-state index in [2.05, 4.69) is 0 Å². The van der Waals surface area contributed by atoms with E-state index in [-0.39, 0.29) is 17.7 Å². The minimum atomic E-state index is -0.728. The van der Waals surface area contributed by atoms with Crippen LogP contribution in [-0.2, 0) is 11.2 Å². The van der Waals surface area contributed by atoms with Gasteiger partial charge in [0.25, 0.3) is 5.91 Å². The van der Waals surface area contributed by atoms with Crippen LogP contribution >= 0.6 is 0 Å². The number of nitrogens with zero attached hydrogens (tertiary/aromatic N) is 1. The van der Waals surface area contributed by atoms with Crippen molar-refractivity contribution in [2.45, 2.75) is 39.3 Å². The number of benzene rings is 2. The Morgan fingerprint density at radius 2 is 1.92 bits per heavy atom. The lowest BCUT2D eigenvalue weighted by atomic mass is 10.1. The molecule has 5 nitrogen and oxygen atoms in total. The van der Waals surface area contributed by atoms with Gasteiger partial charge in [-0.3, -0.25) is 9.59 Å². The number of ether oxygens (including phenoxy) is 2. The van der Waals surface area contributed by atoms with E-state index in [9.17, 15) is 9.59 Å². The van der Waals surface area contributed by atoms with Crippen molar-refractivity contribution < 1.29 is 19.1 Å². The second-order valence-corrected chi connectivity index (χ2v) is 6.57. The van der Waals surface area contributed by atoms with Crippen LogP contribution in [0.2, 0.25) is 0 Å². The molecule has 0 bridgehead atoms. The first kappa shape index (κ1) is 18.0. The van der Waals surface area contributed by atoms with Crippen molar-refractivity contribution in [3.05, 3.63) is 53.6 Å². The SMILES string of the molecule is COc1ccc(C(C)=O)c(O[C@@H](C)C(=O)N2c3ccccc3C[C@H]2C)c1. The molecule has 3 rings (SSSR count). The van der Waals surface area contributed by atoms with E-state index in [1.165, 1.54) is 6.92 Å². The molecular formula is C21H23NO4. The highest BCUT2D eigenvalue weighted by atomic mass is 16.5. The molecule has 5 heteroatoms. The molecule has 0 unspecified atom stereocenters. The van der Waals surface area contributed by atoms with Gasteiger partial charge < -0.3 is 14.4 Å². The fourth-order valence-electron chi connectivity index (χ4n) is 3.36. The number of carbonyl (C=O) groups is 2. The van der Waals surface area contributed by atoms with Crippen LogP contribution in [0.1, 0.15) is 36.7 Å². The maximum Gasteiger partial charge on any atom is 0.268 e. The number of hydrogen-bond acceptors (Lipinski definition) is 4. The first-order valence-corrected chi connectivity index (χ1v) is 8.69. The third-order valence-electron chi connectivity index (χ3n) is 4.66. The fourth-order valence-corrected chi connectivity index (χ4v) is 3.36. The van der Waals surface area contributed by atoms with Crippen LogP contribution in [0, 0.1) is 0 Å². The van der Waals surface area contributed by atoms with Gasteiger partial charge in [0, 0.05) is 17.8 Å². The molecule has 0 spiro atoms. The molecule has 1 aliphatic rings. The van der Waals surface area contributed by atoms with Gasteiger partial charge in [-0.25, -0.2) is 0 Å². The quantitative estimate of drug-likeness (QED) is 0.770. The van der Waals surface area contributed by atoms with Crippen LogP contribution in [0.15, 0.2) is 42.5 Å². The topological polar surface area (TPSA) is 55.8 Å². The Bertz CT molecular complexity index is 846. The fraction of sp³-hybridized carbons (Fsp3) is 0.333. The van der Waals surface area contributed by atoms with Crippen LogP contribution in [0.4, 0.5) is 5.69 Å². The summed E-state index contributed by atoms with van der Waals surface area (Å²) in [4.78, 5) is 26.7. The number of anilines is 1. The Hall–Kier alpha value is -2.82. The summed E-state index contributed by atoms with van der Waals surface area (Å²) in [6, 6.07) is 13.0. The van der Waals surface area contributed by atoms with Crippen molar-refractivity contribution in [3.63, 3.8) is 0 Å². The van der Waals surface area contributed by atoms with E-state index >= 15 is 0 Å². The third-order valence-corrected chi connectivity index (χ3v) is 4.66. The lowest BCUT2D eigenvalue weighted by Gasteiger charge is -2.26. The summed E-state index contributed by atoms with van der Waals surface area (Å²) in [5.41, 5.74) is 2.52. The number of ketones is 1. The van der Waals surface area contributed by atoms with Gasteiger partial charge in [0.1, 0.15) is 11.5 Å². The summed E-state index contributed by atoms with van der Waals surface area (Å²) in [6.45, 7) is 5.20. The number of hydrogen-bond donors (Lipinski definition) is 0. The number of amides is 1. The van der Waals surface area contributed by atoms with E-state index in [1.807, 2.05) is 31.2 Å². The molecule has 0 fully saturated rings. The first-order valence-electron chi connectivity index (χ1n) is 8.69. The summed E-state index contributed by atoms with van der Waals surface area (Å²) in [5.74, 6) is 0.685. The second-order valence-electron chi connectivity index (χ2n) is 6.57. The largest absolute Gasteiger partial charge is 0.497 e. The molecule has 0 aromatic heterocycles. The molecule has 2 aromatic carbocycles. The molecule has 1 heterocycles. The zero-order valence-corrected chi connectivity index (χ0v) is 15.5. The predicted molar refractivity (Wildman–Crippen MR) is 100 cm³/mol. The molecule has 136 valence electrons. The van der Waals surface area contributed by atoms with Crippen LogP contribution in [0.25, 0.3) is 0 Å². The summed E-state index contributed by atoms with van der Waals surface area (Å²) in [6.07, 6.45) is 0.0979. The maximum atomic E-state index is 13.0. The van der Waals surface area contributed by atoms with Crippen molar-refractivity contribution in [1.29, 1.82) is 0 Å². The van der Waals surface area contributed by atoms with Crippen molar-refractivity contribution in [2.24, 2.45) is 0 Å². The maximum absolute atomic E-state index is 13.0. The van der Waals surface area contributed by atoms with Crippen molar-refractivity contribution in [1.82, 2.24) is 0 Å². The number of fused-ring (bicyclic) bond motifs is 1. The minimum absolute atomic E-state index is 0.0727. The highest BCUT2D eigenvalue weighted by Crippen LogP contribution is 2.33. The second kappa shape index (κ2) is 7.20. The molecular weight excluding hydrogens is 330 g/mol. The average Bonchev–Trinajstić information content (AvgIpc) is 2.96. The number of rotatable bonds is 5. The summed E-state index contributed by atoms with van der Waals surface area (Å²) < 4.78 is 11.1. The molecule has 0 radical (unpaired) electrons. The summed E-state index contributed by atoms with van der Waals surface area (Å²) in [5, 5.41) is 0. The smallest absolute Gasteiger partial charge is 0.268 e. The number of para-hydroxylation sites is 1. The van der Waals surface area contributed by atoms with Crippen molar-refractivity contribution in [2.75, 3.05) is 12.0 Å². The van der Waals surface area contributed by atoms with E-state index < -0.39 is 6.10 Å². The summed E-state index contributed by atoms with van der Waals surface area (Å²) in [7, 11) is 1.55. The number of methoxy groups -OCH3 is 1. The Morgan fingerprint density at radius 1 is 1.19 bits per heavy atom. The normalized spacial score (nSPS) is 16.8. The van der Waals surface area contributed by atoms with Gasteiger partial charge in [0.05, 0.1) is 12.7 Å². The first-order chi connectivity index (χ1) is 12.4. The van der Waals surface area contributed by atoms with Gasteiger partial charge in [-0.1, -0.05) is 18.2 Å². The number of carbonyl (C=O) groups excluding carboxylic acids is 2. The van der Waals surface area contributed by atoms with Crippen LogP contribution in [-0.4, -0.2) is 30.9 Å². The Labute approximate surface area is 153 Å². The molecule has 0 saturated heterocycles. The Morgan fingerprint density at radius 3 is 2.62 bits per heavy atom. The van der Waals surface area contributed by atoms with Crippen LogP contribution in [0.3, 0.4) is 0 Å². The molecule has 0 saturated carbocycles. The van der Waals surface area contributed by atoms with Gasteiger partial charge in [0.15, 0.2) is 11.9 Å². The standard InChI is InChI=1S/C21H23NO4/c1-13-11-16-7-5-6-8-19(16)22(13)21(24)15(3)26-20-12-17(25-4)9-10-18(20)14(2)23/h5-10,12-13,15H,11H2,1-4H3/t13-,15+/m1/s1. The molecule has 0 aliphatic carbocycles. The molecule has 0 N–H and O–H groups in total. The monoisotopic (exact) mass is 353 g/mol. The average molecular weight is 353 g/mol. The van der Waals surface area contributed by atoms with Gasteiger partial charge in [0.2, 0.25) is 0 Å². The highest BCUT2D eigenvalue weighted by Gasteiger charge is 2.34. The molecule has 2 aromatic rings. The molecule has 1 amide bonds.